The maximum Gasteiger partial charge on any atom is 0.388 e. The van der Waals surface area contributed by atoms with Crippen LogP contribution in [0.15, 0.2) is 36.8 Å². The molecule has 2 heterocycles. The van der Waals surface area contributed by atoms with Crippen LogP contribution >= 0.6 is 0 Å². The predicted molar refractivity (Wildman–Crippen MR) is 60.8 cm³/mol. The number of hydrogen-bond acceptors (Lipinski definition) is 5. The van der Waals surface area contributed by atoms with E-state index in [0.29, 0.717) is 11.1 Å². The molecule has 0 fully saturated rings. The van der Waals surface area contributed by atoms with E-state index in [1.165, 1.54) is 12.4 Å². The third-order valence-corrected chi connectivity index (χ3v) is 2.22. The molecule has 0 saturated heterocycles. The summed E-state index contributed by atoms with van der Waals surface area (Å²) in [6.07, 6.45) is 4.23. The fourth-order valence-electron chi connectivity index (χ4n) is 1.44. The van der Waals surface area contributed by atoms with Gasteiger partial charge in [0.05, 0.1) is 4.92 Å². The maximum atomic E-state index is 12.1. The van der Waals surface area contributed by atoms with Crippen LogP contribution in [0.25, 0.3) is 11.1 Å². The highest BCUT2D eigenvalue weighted by atomic mass is 19.3. The average molecular weight is 267 g/mol. The van der Waals surface area contributed by atoms with Gasteiger partial charge in [0.2, 0.25) is 0 Å². The van der Waals surface area contributed by atoms with Gasteiger partial charge in [-0.2, -0.15) is 8.78 Å². The van der Waals surface area contributed by atoms with Gasteiger partial charge in [-0.25, -0.2) is 4.98 Å². The van der Waals surface area contributed by atoms with E-state index in [1.54, 1.807) is 18.3 Å². The molecule has 0 radical (unpaired) electrons. The quantitative estimate of drug-likeness (QED) is 0.628. The SMILES string of the molecule is O=[N+]([O-])c1cc(-c2cccnc2)cnc1OC(F)F. The first-order chi connectivity index (χ1) is 9.08. The molecular weight excluding hydrogens is 260 g/mol. The molecule has 0 spiro atoms. The van der Waals surface area contributed by atoms with Crippen molar-refractivity contribution in [2.24, 2.45) is 0 Å². The molecule has 2 aromatic heterocycles. The molecule has 0 bridgehead atoms. The lowest BCUT2D eigenvalue weighted by molar-refractivity contribution is -0.386. The molecule has 0 saturated carbocycles. The molecule has 0 unspecified atom stereocenters. The first-order valence-corrected chi connectivity index (χ1v) is 5.07. The van der Waals surface area contributed by atoms with E-state index in [-0.39, 0.29) is 0 Å². The topological polar surface area (TPSA) is 78.2 Å². The number of ether oxygens (including phenoxy) is 1. The summed E-state index contributed by atoms with van der Waals surface area (Å²) < 4.78 is 28.2. The summed E-state index contributed by atoms with van der Waals surface area (Å²) in [5.74, 6) is -0.715. The third kappa shape index (κ3) is 2.97. The number of nitrogens with zero attached hydrogens (tertiary/aromatic N) is 3. The van der Waals surface area contributed by atoms with Gasteiger partial charge in [-0.15, -0.1) is 0 Å². The van der Waals surface area contributed by atoms with E-state index >= 15 is 0 Å². The summed E-state index contributed by atoms with van der Waals surface area (Å²) in [6.45, 7) is -3.17. The van der Waals surface area contributed by atoms with Crippen LogP contribution in [0.3, 0.4) is 0 Å². The number of rotatable bonds is 4. The summed E-state index contributed by atoms with van der Waals surface area (Å²) in [6, 6.07) is 4.42. The Bertz CT molecular complexity index is 593. The third-order valence-electron chi connectivity index (χ3n) is 2.22. The van der Waals surface area contributed by atoms with Crippen molar-refractivity contribution in [3.8, 4) is 17.0 Å². The van der Waals surface area contributed by atoms with E-state index in [0.717, 1.165) is 6.07 Å². The molecule has 8 heteroatoms. The van der Waals surface area contributed by atoms with Crippen LogP contribution in [-0.2, 0) is 0 Å². The molecule has 0 aliphatic carbocycles. The zero-order valence-electron chi connectivity index (χ0n) is 9.36. The van der Waals surface area contributed by atoms with E-state index in [9.17, 15) is 18.9 Å². The Labute approximate surface area is 105 Å². The molecule has 0 N–H and O–H groups in total. The van der Waals surface area contributed by atoms with Crippen LogP contribution < -0.4 is 4.74 Å². The monoisotopic (exact) mass is 267 g/mol. The Morgan fingerprint density at radius 3 is 2.68 bits per heavy atom. The van der Waals surface area contributed by atoms with Crippen molar-refractivity contribution >= 4 is 5.69 Å². The molecule has 0 aromatic carbocycles. The predicted octanol–water partition coefficient (Wildman–Crippen LogP) is 2.65. The molecule has 6 nitrogen and oxygen atoms in total. The van der Waals surface area contributed by atoms with Crippen molar-refractivity contribution < 1.29 is 18.4 Å². The van der Waals surface area contributed by atoms with Crippen molar-refractivity contribution in [1.82, 2.24) is 9.97 Å². The molecule has 2 aromatic rings. The first kappa shape index (κ1) is 12.8. The second-order valence-corrected chi connectivity index (χ2v) is 3.43. The van der Waals surface area contributed by atoms with Gasteiger partial charge in [0.1, 0.15) is 0 Å². The molecule has 0 aliphatic rings. The number of aromatic nitrogens is 2. The lowest BCUT2D eigenvalue weighted by Gasteiger charge is -2.05. The molecule has 98 valence electrons. The lowest BCUT2D eigenvalue weighted by atomic mass is 10.1. The number of hydrogen-bond donors (Lipinski definition) is 0. The summed E-state index contributed by atoms with van der Waals surface area (Å²) in [4.78, 5) is 17.4. The van der Waals surface area contributed by atoms with Crippen LogP contribution in [0, 0.1) is 10.1 Å². The fraction of sp³-hybridized carbons (Fsp3) is 0.0909. The lowest BCUT2D eigenvalue weighted by Crippen LogP contribution is -2.06. The number of halogens is 2. The van der Waals surface area contributed by atoms with Crippen LogP contribution in [0.4, 0.5) is 14.5 Å². The van der Waals surface area contributed by atoms with Gasteiger partial charge >= 0.3 is 12.3 Å². The Morgan fingerprint density at radius 1 is 1.32 bits per heavy atom. The molecule has 2 rings (SSSR count). The summed E-state index contributed by atoms with van der Waals surface area (Å²) in [5, 5.41) is 10.8. The van der Waals surface area contributed by atoms with Gasteiger partial charge in [0, 0.05) is 35.8 Å². The Kier molecular flexibility index (Phi) is 3.60. The molecule has 0 atom stereocenters. The minimum Gasteiger partial charge on any atom is -0.411 e. The van der Waals surface area contributed by atoms with Crippen molar-refractivity contribution in [3.63, 3.8) is 0 Å². The van der Waals surface area contributed by atoms with Crippen LogP contribution in [0.2, 0.25) is 0 Å². The highest BCUT2D eigenvalue weighted by Crippen LogP contribution is 2.30. The normalized spacial score (nSPS) is 10.5. The van der Waals surface area contributed by atoms with E-state index in [4.69, 9.17) is 0 Å². The zero-order chi connectivity index (χ0) is 13.8. The Hall–Kier alpha value is -2.64. The summed E-state index contributed by atoms with van der Waals surface area (Å²) in [7, 11) is 0. The molecule has 0 aliphatic heterocycles. The number of nitro groups is 1. The number of alkyl halides is 2. The Morgan fingerprint density at radius 2 is 2.11 bits per heavy atom. The van der Waals surface area contributed by atoms with Crippen molar-refractivity contribution in [3.05, 3.63) is 46.9 Å². The smallest absolute Gasteiger partial charge is 0.388 e. The van der Waals surface area contributed by atoms with Gasteiger partial charge in [-0.1, -0.05) is 6.07 Å². The minimum absolute atomic E-state index is 0.390. The first-order valence-electron chi connectivity index (χ1n) is 5.07. The van der Waals surface area contributed by atoms with Crippen molar-refractivity contribution in [2.45, 2.75) is 6.61 Å². The maximum absolute atomic E-state index is 12.1. The van der Waals surface area contributed by atoms with Gasteiger partial charge < -0.3 is 4.74 Å². The van der Waals surface area contributed by atoms with E-state index in [2.05, 4.69) is 14.7 Å². The highest BCUT2D eigenvalue weighted by Gasteiger charge is 2.21. The standard InChI is InChI=1S/C11H7F2N3O3/c12-11(13)19-10-9(16(17)18)4-8(6-15-10)7-2-1-3-14-5-7/h1-6,11H. The van der Waals surface area contributed by atoms with Gasteiger partial charge in [0.25, 0.3) is 5.88 Å². The van der Waals surface area contributed by atoms with Gasteiger partial charge in [-0.3, -0.25) is 15.1 Å². The summed E-state index contributed by atoms with van der Waals surface area (Å²) in [5.41, 5.74) is 0.352. The van der Waals surface area contributed by atoms with Crippen LogP contribution in [0.5, 0.6) is 5.88 Å². The highest BCUT2D eigenvalue weighted by molar-refractivity contribution is 5.65. The van der Waals surface area contributed by atoms with Gasteiger partial charge in [0.15, 0.2) is 0 Å². The second kappa shape index (κ2) is 5.34. The minimum atomic E-state index is -3.17. The van der Waals surface area contributed by atoms with E-state index < -0.39 is 23.1 Å². The molecule has 0 amide bonds. The van der Waals surface area contributed by atoms with Gasteiger partial charge in [-0.05, 0) is 6.07 Å². The van der Waals surface area contributed by atoms with E-state index in [1.807, 2.05) is 0 Å². The fourth-order valence-corrected chi connectivity index (χ4v) is 1.44. The average Bonchev–Trinajstić information content (AvgIpc) is 2.39. The van der Waals surface area contributed by atoms with Crippen molar-refractivity contribution in [1.29, 1.82) is 0 Å². The second-order valence-electron chi connectivity index (χ2n) is 3.43. The largest absolute Gasteiger partial charge is 0.411 e. The van der Waals surface area contributed by atoms with Crippen LogP contribution in [-0.4, -0.2) is 21.5 Å². The number of pyridine rings is 2. The molecular formula is C11H7F2N3O3. The molecule has 19 heavy (non-hydrogen) atoms. The Balaban J connectivity index is 2.45. The summed E-state index contributed by atoms with van der Waals surface area (Å²) >= 11 is 0. The van der Waals surface area contributed by atoms with Crippen LogP contribution in [0.1, 0.15) is 0 Å². The van der Waals surface area contributed by atoms with Crippen molar-refractivity contribution in [2.75, 3.05) is 0 Å². The zero-order valence-corrected chi connectivity index (χ0v) is 9.36.